The summed E-state index contributed by atoms with van der Waals surface area (Å²) < 4.78 is 53.8. The summed E-state index contributed by atoms with van der Waals surface area (Å²) in [5.74, 6) is 0.107. The molecule has 2 N–H and O–H groups in total. The quantitative estimate of drug-likeness (QED) is 0.455. The molecular weight excluding hydrogens is 418 g/mol. The molecule has 0 fully saturated rings. The minimum Gasteiger partial charge on any atom is -0.383 e. The Hall–Kier alpha value is -3.61. The van der Waals surface area contributed by atoms with Gasteiger partial charge in [-0.15, -0.1) is 0 Å². The molecule has 4 rings (SSSR count). The molecular formula is C25H21F4N3. The second-order valence-electron chi connectivity index (χ2n) is 7.75. The Morgan fingerprint density at radius 3 is 2.25 bits per heavy atom. The number of halogens is 4. The van der Waals surface area contributed by atoms with E-state index in [-0.39, 0.29) is 17.6 Å². The molecule has 1 heterocycles. The third-order valence-electron chi connectivity index (χ3n) is 5.58. The number of nitrogen functional groups attached to an aromatic ring is 1. The Kier molecular flexibility index (Phi) is 5.50. The van der Waals surface area contributed by atoms with E-state index in [4.69, 9.17) is 5.73 Å². The van der Waals surface area contributed by atoms with Gasteiger partial charge in [-0.3, -0.25) is 0 Å². The van der Waals surface area contributed by atoms with E-state index in [2.05, 4.69) is 12.0 Å². The van der Waals surface area contributed by atoms with E-state index in [0.717, 1.165) is 17.7 Å². The van der Waals surface area contributed by atoms with Crippen LogP contribution in [0.3, 0.4) is 0 Å². The fraction of sp³-hybridized carbons (Fsp3) is 0.160. The summed E-state index contributed by atoms with van der Waals surface area (Å²) in [6.45, 7) is 4.11. The van der Waals surface area contributed by atoms with Gasteiger partial charge in [-0.1, -0.05) is 48.9 Å². The standard InChI is InChI=1S/C25H21F4N3/c1-15-3-5-18(6-4-16(15)2)23-22(17-7-11-20(26)12-8-17)24(30)32(31-23)21-13-9-19(10-14-21)25(27,28)29/h3-15H,30H2,1-2H3. The number of hydrogen-bond acceptors (Lipinski definition) is 2. The van der Waals surface area contributed by atoms with Crippen LogP contribution >= 0.6 is 0 Å². The number of aromatic nitrogens is 2. The lowest BCUT2D eigenvalue weighted by Crippen LogP contribution is -2.06. The van der Waals surface area contributed by atoms with Crippen LogP contribution in [0.25, 0.3) is 22.4 Å². The molecule has 1 atom stereocenters. The zero-order chi connectivity index (χ0) is 23.0. The molecule has 0 saturated carbocycles. The average Bonchev–Trinajstić information content (AvgIpc) is 3.00. The Morgan fingerprint density at radius 1 is 0.969 bits per heavy atom. The van der Waals surface area contributed by atoms with E-state index in [1.807, 2.05) is 31.2 Å². The normalized spacial score (nSPS) is 16.5. The number of alkyl halides is 3. The van der Waals surface area contributed by atoms with Crippen LogP contribution in [0.1, 0.15) is 25.1 Å². The molecule has 7 heteroatoms. The van der Waals surface area contributed by atoms with Crippen molar-refractivity contribution < 1.29 is 17.6 Å². The van der Waals surface area contributed by atoms with E-state index in [0.29, 0.717) is 22.5 Å². The van der Waals surface area contributed by atoms with E-state index >= 15 is 0 Å². The Labute approximate surface area is 183 Å². The molecule has 32 heavy (non-hydrogen) atoms. The van der Waals surface area contributed by atoms with Crippen LogP contribution in [0.2, 0.25) is 0 Å². The second kappa shape index (κ2) is 8.15. The van der Waals surface area contributed by atoms with Gasteiger partial charge in [0.15, 0.2) is 0 Å². The van der Waals surface area contributed by atoms with Crippen LogP contribution in [-0.4, -0.2) is 9.78 Å². The van der Waals surface area contributed by atoms with Gasteiger partial charge in [0.25, 0.3) is 0 Å². The van der Waals surface area contributed by atoms with Gasteiger partial charge in [0.05, 0.1) is 16.8 Å². The number of benzene rings is 2. The highest BCUT2D eigenvalue weighted by Crippen LogP contribution is 2.37. The maximum absolute atomic E-state index is 13.5. The van der Waals surface area contributed by atoms with Gasteiger partial charge in [0.1, 0.15) is 17.3 Å². The Morgan fingerprint density at radius 2 is 1.62 bits per heavy atom. The molecule has 0 spiro atoms. The highest BCUT2D eigenvalue weighted by Gasteiger charge is 2.30. The highest BCUT2D eigenvalue weighted by atomic mass is 19.4. The summed E-state index contributed by atoms with van der Waals surface area (Å²) >= 11 is 0. The average molecular weight is 439 g/mol. The fourth-order valence-electron chi connectivity index (χ4n) is 3.51. The maximum atomic E-state index is 13.5. The molecule has 0 amide bonds. The topological polar surface area (TPSA) is 43.8 Å². The zero-order valence-electron chi connectivity index (χ0n) is 17.5. The van der Waals surface area contributed by atoms with Gasteiger partial charge >= 0.3 is 6.18 Å². The van der Waals surface area contributed by atoms with Crippen LogP contribution in [0.5, 0.6) is 0 Å². The van der Waals surface area contributed by atoms with Gasteiger partial charge in [0.2, 0.25) is 0 Å². The molecule has 3 aromatic rings. The molecule has 1 unspecified atom stereocenters. The van der Waals surface area contributed by atoms with Crippen LogP contribution in [0, 0.1) is 11.7 Å². The first kappa shape index (κ1) is 21.6. The first-order valence-corrected chi connectivity index (χ1v) is 10.0. The number of nitrogens with zero attached hydrogens (tertiary/aromatic N) is 2. The van der Waals surface area contributed by atoms with Crippen molar-refractivity contribution in [1.29, 1.82) is 0 Å². The highest BCUT2D eigenvalue weighted by molar-refractivity contribution is 5.90. The van der Waals surface area contributed by atoms with Gasteiger partial charge in [0, 0.05) is 5.57 Å². The molecule has 0 bridgehead atoms. The van der Waals surface area contributed by atoms with E-state index < -0.39 is 11.7 Å². The molecule has 164 valence electrons. The van der Waals surface area contributed by atoms with Crippen molar-refractivity contribution in [1.82, 2.24) is 9.78 Å². The van der Waals surface area contributed by atoms with Crippen LogP contribution in [-0.2, 0) is 6.18 Å². The van der Waals surface area contributed by atoms with Crippen molar-refractivity contribution in [2.45, 2.75) is 20.0 Å². The zero-order valence-corrected chi connectivity index (χ0v) is 17.5. The first-order chi connectivity index (χ1) is 15.1. The van der Waals surface area contributed by atoms with Crippen molar-refractivity contribution in [3.8, 4) is 16.8 Å². The van der Waals surface area contributed by atoms with Gasteiger partial charge < -0.3 is 5.73 Å². The summed E-state index contributed by atoms with van der Waals surface area (Å²) in [5.41, 5.74) is 9.86. The molecule has 3 nitrogen and oxygen atoms in total. The molecule has 0 saturated heterocycles. The summed E-state index contributed by atoms with van der Waals surface area (Å²) in [6, 6.07) is 10.5. The summed E-state index contributed by atoms with van der Waals surface area (Å²) in [4.78, 5) is 0. The lowest BCUT2D eigenvalue weighted by atomic mass is 10.00. The molecule has 1 aliphatic rings. The number of allylic oxidation sites excluding steroid dienone is 6. The molecule has 0 radical (unpaired) electrons. The van der Waals surface area contributed by atoms with E-state index in [1.54, 1.807) is 12.1 Å². The summed E-state index contributed by atoms with van der Waals surface area (Å²) in [7, 11) is 0. The van der Waals surface area contributed by atoms with Crippen LogP contribution < -0.4 is 5.73 Å². The third-order valence-corrected chi connectivity index (χ3v) is 5.58. The largest absolute Gasteiger partial charge is 0.416 e. The third kappa shape index (κ3) is 4.10. The SMILES string of the molecule is CC1=CC=C(c2nn(-c3ccc(C(F)(F)F)cc3)c(N)c2-c2ccc(F)cc2)C=CC1C. The number of anilines is 1. The van der Waals surface area contributed by atoms with E-state index in [1.165, 1.54) is 34.5 Å². The second-order valence-corrected chi connectivity index (χ2v) is 7.75. The molecule has 0 aliphatic heterocycles. The molecule has 1 aliphatic carbocycles. The van der Waals surface area contributed by atoms with Gasteiger partial charge in [-0.2, -0.15) is 18.3 Å². The van der Waals surface area contributed by atoms with Crippen molar-refractivity contribution in [3.05, 3.63) is 95.5 Å². The summed E-state index contributed by atoms with van der Waals surface area (Å²) in [5, 5.41) is 4.65. The van der Waals surface area contributed by atoms with Gasteiger partial charge in [-0.05, 0) is 54.8 Å². The first-order valence-electron chi connectivity index (χ1n) is 10.0. The minimum atomic E-state index is -4.44. The number of rotatable bonds is 3. The monoisotopic (exact) mass is 439 g/mol. The fourth-order valence-corrected chi connectivity index (χ4v) is 3.51. The Balaban J connectivity index is 1.89. The van der Waals surface area contributed by atoms with Crippen molar-refractivity contribution in [2.24, 2.45) is 5.92 Å². The lowest BCUT2D eigenvalue weighted by Gasteiger charge is -2.09. The van der Waals surface area contributed by atoms with Crippen LogP contribution in [0.4, 0.5) is 23.4 Å². The predicted molar refractivity (Wildman–Crippen MR) is 118 cm³/mol. The molecule has 2 aromatic carbocycles. The maximum Gasteiger partial charge on any atom is 0.416 e. The van der Waals surface area contributed by atoms with Crippen molar-refractivity contribution in [2.75, 3.05) is 5.73 Å². The Bertz CT molecular complexity index is 1230. The van der Waals surface area contributed by atoms with Crippen molar-refractivity contribution in [3.63, 3.8) is 0 Å². The summed E-state index contributed by atoms with van der Waals surface area (Å²) in [6.07, 6.45) is 3.49. The minimum absolute atomic E-state index is 0.243. The number of nitrogens with two attached hydrogens (primary N) is 1. The van der Waals surface area contributed by atoms with Crippen LogP contribution in [0.15, 0.2) is 78.4 Å². The lowest BCUT2D eigenvalue weighted by molar-refractivity contribution is -0.137. The predicted octanol–water partition coefficient (Wildman–Crippen LogP) is 6.82. The van der Waals surface area contributed by atoms with Crippen molar-refractivity contribution >= 4 is 11.4 Å². The molecule has 1 aromatic heterocycles. The van der Waals surface area contributed by atoms with E-state index in [9.17, 15) is 17.6 Å². The smallest absolute Gasteiger partial charge is 0.383 e. The van der Waals surface area contributed by atoms with Gasteiger partial charge in [-0.25, -0.2) is 9.07 Å². The number of hydrogen-bond donors (Lipinski definition) is 1.